The largest absolute Gasteiger partial charge is 0.377 e. The zero-order chi connectivity index (χ0) is 16.3. The first-order chi connectivity index (χ1) is 11.1. The minimum Gasteiger partial charge on any atom is -0.377 e. The second-order valence-corrected chi connectivity index (χ2v) is 7.27. The van der Waals surface area contributed by atoms with E-state index in [1.54, 1.807) is 24.3 Å². The van der Waals surface area contributed by atoms with Crippen LogP contribution in [-0.4, -0.2) is 58.7 Å². The van der Waals surface area contributed by atoms with E-state index in [0.717, 1.165) is 12.8 Å². The predicted octanol–water partition coefficient (Wildman–Crippen LogP) is 0.852. The molecular weight excluding hydrogens is 318 g/mol. The molecule has 0 spiro atoms. The zero-order valence-corrected chi connectivity index (χ0v) is 13.7. The van der Waals surface area contributed by atoms with Crippen molar-refractivity contribution in [2.24, 2.45) is 0 Å². The second-order valence-electron chi connectivity index (χ2n) is 5.33. The number of hydrogen-bond acceptors (Lipinski definition) is 6. The van der Waals surface area contributed by atoms with Crippen LogP contribution in [0.15, 0.2) is 35.5 Å². The number of ether oxygens (including phenoxy) is 1. The van der Waals surface area contributed by atoms with E-state index >= 15 is 0 Å². The average molecular weight is 337 g/mol. The highest BCUT2D eigenvalue weighted by atomic mass is 32.2. The molecule has 2 heterocycles. The van der Waals surface area contributed by atoms with Gasteiger partial charge in [0.1, 0.15) is 6.33 Å². The quantitative estimate of drug-likeness (QED) is 0.803. The molecule has 23 heavy (non-hydrogen) atoms. The Bertz CT molecular complexity index is 746. The van der Waals surface area contributed by atoms with Crippen molar-refractivity contribution >= 4 is 10.0 Å². The lowest BCUT2D eigenvalue weighted by atomic mass is 10.1. The molecule has 1 atom stereocenters. The third kappa shape index (κ3) is 3.41. The summed E-state index contributed by atoms with van der Waals surface area (Å²) in [5.74, 6) is 0. The number of sulfonamides is 1. The van der Waals surface area contributed by atoms with E-state index in [4.69, 9.17) is 4.74 Å². The Hall–Kier alpha value is -1.84. The molecule has 0 aliphatic carbocycles. The molecule has 1 aliphatic rings. The van der Waals surface area contributed by atoms with Gasteiger partial charge < -0.3 is 4.74 Å². The minimum absolute atomic E-state index is 0.0359. The van der Waals surface area contributed by atoms with Gasteiger partial charge in [-0.05, 0) is 48.4 Å². The van der Waals surface area contributed by atoms with Crippen LogP contribution in [0.1, 0.15) is 19.8 Å². The van der Waals surface area contributed by atoms with E-state index in [1.807, 2.05) is 6.92 Å². The van der Waals surface area contributed by atoms with Crippen LogP contribution in [-0.2, 0) is 14.8 Å². The number of tetrazole rings is 1. The van der Waals surface area contributed by atoms with Gasteiger partial charge in [0.15, 0.2) is 0 Å². The maximum Gasteiger partial charge on any atom is 0.243 e. The van der Waals surface area contributed by atoms with E-state index < -0.39 is 10.0 Å². The average Bonchev–Trinajstić information content (AvgIpc) is 3.10. The van der Waals surface area contributed by atoms with Crippen LogP contribution in [0.5, 0.6) is 0 Å². The Kier molecular flexibility index (Phi) is 4.69. The van der Waals surface area contributed by atoms with Gasteiger partial charge in [-0.2, -0.15) is 4.31 Å². The number of nitrogens with zero attached hydrogens (tertiary/aromatic N) is 5. The fraction of sp³-hybridized carbons (Fsp3) is 0.500. The molecule has 0 radical (unpaired) electrons. The first-order valence-corrected chi connectivity index (χ1v) is 9.00. The van der Waals surface area contributed by atoms with E-state index in [9.17, 15) is 8.42 Å². The topological polar surface area (TPSA) is 90.2 Å². The summed E-state index contributed by atoms with van der Waals surface area (Å²) in [6, 6.07) is 6.62. The van der Waals surface area contributed by atoms with Crippen molar-refractivity contribution in [2.75, 3.05) is 19.7 Å². The number of piperidine rings is 1. The van der Waals surface area contributed by atoms with Gasteiger partial charge in [0, 0.05) is 19.7 Å². The normalized spacial score (nSPS) is 19.8. The third-order valence-corrected chi connectivity index (χ3v) is 5.67. The van der Waals surface area contributed by atoms with Crippen LogP contribution in [0.4, 0.5) is 0 Å². The zero-order valence-electron chi connectivity index (χ0n) is 12.9. The summed E-state index contributed by atoms with van der Waals surface area (Å²) in [5.41, 5.74) is 0.606. The standard InChI is InChI=1S/C14H19N5O3S/c1-2-22-13-6-4-8-18(10-13)23(20,21)14-7-3-5-12(9-14)19-11-15-16-17-19/h3,5,7,9,11,13H,2,4,6,8,10H2,1H3/t13-/m1/s1. The van der Waals surface area contributed by atoms with Gasteiger partial charge in [-0.3, -0.25) is 0 Å². The van der Waals surface area contributed by atoms with Gasteiger partial charge in [0.05, 0.1) is 16.7 Å². The molecule has 0 unspecified atom stereocenters. The Morgan fingerprint density at radius 2 is 2.26 bits per heavy atom. The molecular formula is C14H19N5O3S. The van der Waals surface area contributed by atoms with Gasteiger partial charge in [0.2, 0.25) is 10.0 Å². The van der Waals surface area contributed by atoms with Crippen LogP contribution in [0, 0.1) is 0 Å². The summed E-state index contributed by atoms with van der Waals surface area (Å²) < 4.78 is 34.3. The Labute approximate surface area is 135 Å². The van der Waals surface area contributed by atoms with Gasteiger partial charge >= 0.3 is 0 Å². The van der Waals surface area contributed by atoms with Gasteiger partial charge in [-0.1, -0.05) is 6.07 Å². The molecule has 1 aromatic heterocycles. The highest BCUT2D eigenvalue weighted by Crippen LogP contribution is 2.23. The summed E-state index contributed by atoms with van der Waals surface area (Å²) in [4.78, 5) is 0.239. The highest BCUT2D eigenvalue weighted by Gasteiger charge is 2.30. The van der Waals surface area contributed by atoms with Crippen LogP contribution in [0.2, 0.25) is 0 Å². The number of benzene rings is 1. The monoisotopic (exact) mass is 337 g/mol. The van der Waals surface area contributed by atoms with E-state index in [-0.39, 0.29) is 11.0 Å². The molecule has 0 bridgehead atoms. The lowest BCUT2D eigenvalue weighted by Gasteiger charge is -2.31. The summed E-state index contributed by atoms with van der Waals surface area (Å²) >= 11 is 0. The van der Waals surface area contributed by atoms with Crippen molar-refractivity contribution in [2.45, 2.75) is 30.8 Å². The molecule has 0 amide bonds. The van der Waals surface area contributed by atoms with Crippen molar-refractivity contribution in [1.29, 1.82) is 0 Å². The fourth-order valence-corrected chi connectivity index (χ4v) is 4.26. The summed E-state index contributed by atoms with van der Waals surface area (Å²) in [6.07, 6.45) is 3.09. The lowest BCUT2D eigenvalue weighted by Crippen LogP contribution is -2.43. The minimum atomic E-state index is -3.56. The van der Waals surface area contributed by atoms with Gasteiger partial charge in [-0.15, -0.1) is 5.10 Å². The first-order valence-electron chi connectivity index (χ1n) is 7.56. The molecule has 0 saturated carbocycles. The predicted molar refractivity (Wildman–Crippen MR) is 82.6 cm³/mol. The van der Waals surface area contributed by atoms with Crippen molar-refractivity contribution < 1.29 is 13.2 Å². The van der Waals surface area contributed by atoms with Crippen molar-refractivity contribution in [1.82, 2.24) is 24.5 Å². The molecule has 124 valence electrons. The molecule has 1 aromatic carbocycles. The lowest BCUT2D eigenvalue weighted by molar-refractivity contribution is 0.0265. The number of rotatable bonds is 5. The van der Waals surface area contributed by atoms with Crippen molar-refractivity contribution in [3.63, 3.8) is 0 Å². The van der Waals surface area contributed by atoms with Crippen LogP contribution >= 0.6 is 0 Å². The van der Waals surface area contributed by atoms with E-state index in [2.05, 4.69) is 15.5 Å². The van der Waals surface area contributed by atoms with Gasteiger partial charge in [0.25, 0.3) is 0 Å². The third-order valence-electron chi connectivity index (χ3n) is 3.81. The van der Waals surface area contributed by atoms with Crippen LogP contribution in [0.3, 0.4) is 0 Å². The van der Waals surface area contributed by atoms with Crippen molar-refractivity contribution in [3.05, 3.63) is 30.6 Å². The highest BCUT2D eigenvalue weighted by molar-refractivity contribution is 7.89. The fourth-order valence-electron chi connectivity index (χ4n) is 2.71. The Morgan fingerprint density at radius 1 is 1.39 bits per heavy atom. The second kappa shape index (κ2) is 6.73. The molecule has 3 rings (SSSR count). The SMILES string of the molecule is CCO[C@@H]1CCCN(S(=O)(=O)c2cccc(-n3cnnn3)c2)C1. The Balaban J connectivity index is 1.86. The molecule has 8 nitrogen and oxygen atoms in total. The Morgan fingerprint density at radius 3 is 3.00 bits per heavy atom. The number of aromatic nitrogens is 4. The first kappa shape index (κ1) is 16.0. The molecule has 1 fully saturated rings. The number of hydrogen-bond donors (Lipinski definition) is 0. The summed E-state index contributed by atoms with van der Waals surface area (Å²) in [5, 5.41) is 10.9. The van der Waals surface area contributed by atoms with E-state index in [0.29, 0.717) is 25.4 Å². The maximum atomic E-state index is 12.9. The van der Waals surface area contributed by atoms with Crippen LogP contribution < -0.4 is 0 Å². The molecule has 1 saturated heterocycles. The maximum absolute atomic E-state index is 12.9. The van der Waals surface area contributed by atoms with Crippen molar-refractivity contribution in [3.8, 4) is 5.69 Å². The summed E-state index contributed by atoms with van der Waals surface area (Å²) in [6.45, 7) is 3.42. The van der Waals surface area contributed by atoms with Crippen LogP contribution in [0.25, 0.3) is 5.69 Å². The summed E-state index contributed by atoms with van der Waals surface area (Å²) in [7, 11) is -3.56. The van der Waals surface area contributed by atoms with Gasteiger partial charge in [-0.25, -0.2) is 13.1 Å². The molecule has 2 aromatic rings. The molecule has 0 N–H and O–H groups in total. The van der Waals surface area contributed by atoms with E-state index in [1.165, 1.54) is 15.3 Å². The molecule has 1 aliphatic heterocycles. The molecule has 9 heteroatoms. The smallest absolute Gasteiger partial charge is 0.243 e.